The predicted octanol–water partition coefficient (Wildman–Crippen LogP) is 3.64. The number of amides is 1. The van der Waals surface area contributed by atoms with Crippen molar-refractivity contribution in [2.24, 2.45) is 0 Å². The van der Waals surface area contributed by atoms with Crippen LogP contribution in [0.3, 0.4) is 0 Å². The van der Waals surface area contributed by atoms with Gasteiger partial charge in [0, 0.05) is 11.5 Å². The second kappa shape index (κ2) is 8.42. The molecule has 25 heavy (non-hydrogen) atoms. The van der Waals surface area contributed by atoms with Crippen LogP contribution in [0.2, 0.25) is 0 Å². The smallest absolute Gasteiger partial charge is 0.244 e. The number of benzene rings is 2. The Balaban J connectivity index is 1.44. The summed E-state index contributed by atoms with van der Waals surface area (Å²) in [5.74, 6) is 6.97. The first kappa shape index (κ1) is 16.4. The fourth-order valence-corrected chi connectivity index (χ4v) is 2.28. The molecule has 0 aliphatic rings. The lowest BCUT2D eigenvalue weighted by Gasteiger charge is -2.06. The third kappa shape index (κ3) is 4.76. The van der Waals surface area contributed by atoms with Crippen molar-refractivity contribution in [1.29, 1.82) is 0 Å². The second-order valence-electron chi connectivity index (χ2n) is 5.19. The molecule has 2 aromatic carbocycles. The van der Waals surface area contributed by atoms with Gasteiger partial charge in [0.05, 0.1) is 12.8 Å². The molecule has 1 amide bonds. The van der Waals surface area contributed by atoms with Gasteiger partial charge in [-0.1, -0.05) is 48.2 Å². The predicted molar refractivity (Wildman–Crippen MR) is 98.0 cm³/mol. The molecule has 0 saturated carbocycles. The number of furan rings is 1. The van der Waals surface area contributed by atoms with Crippen LogP contribution < -0.4 is 10.1 Å². The highest BCUT2D eigenvalue weighted by Gasteiger charge is 1.99. The van der Waals surface area contributed by atoms with E-state index < -0.39 is 0 Å². The molecule has 3 aromatic rings. The number of fused-ring (bicyclic) bond motifs is 1. The summed E-state index contributed by atoms with van der Waals surface area (Å²) in [6, 6.07) is 17.5. The molecule has 0 aliphatic carbocycles. The fraction of sp³-hybridized carbons (Fsp3) is 0.0952. The Labute approximate surface area is 146 Å². The van der Waals surface area contributed by atoms with Crippen LogP contribution in [0.15, 0.2) is 71.4 Å². The van der Waals surface area contributed by atoms with Gasteiger partial charge in [-0.3, -0.25) is 4.79 Å². The highest BCUT2D eigenvalue weighted by molar-refractivity contribution is 5.91. The minimum atomic E-state index is -0.222. The van der Waals surface area contributed by atoms with Crippen LogP contribution in [0, 0.1) is 11.8 Å². The fourth-order valence-electron chi connectivity index (χ4n) is 2.28. The standard InChI is InChI=1S/C21H17NO3/c23-21(13-12-18-9-6-16-24-18)22-14-3-4-15-25-20-11-5-8-17-7-1-2-10-19(17)20/h1-2,5-13,16H,14-15H2,(H,22,23)/b13-12+. The summed E-state index contributed by atoms with van der Waals surface area (Å²) >= 11 is 0. The highest BCUT2D eigenvalue weighted by Crippen LogP contribution is 2.24. The van der Waals surface area contributed by atoms with Crippen molar-refractivity contribution in [2.75, 3.05) is 13.2 Å². The van der Waals surface area contributed by atoms with Gasteiger partial charge in [-0.25, -0.2) is 0 Å². The lowest BCUT2D eigenvalue weighted by atomic mass is 10.1. The Morgan fingerprint density at radius 1 is 1.08 bits per heavy atom. The number of hydrogen-bond acceptors (Lipinski definition) is 3. The van der Waals surface area contributed by atoms with E-state index in [1.54, 1.807) is 24.5 Å². The Hall–Kier alpha value is -3.45. The average Bonchev–Trinajstić information content (AvgIpc) is 3.16. The Morgan fingerprint density at radius 3 is 2.84 bits per heavy atom. The van der Waals surface area contributed by atoms with Crippen LogP contribution in [0.25, 0.3) is 16.8 Å². The molecule has 1 N–H and O–H groups in total. The summed E-state index contributed by atoms with van der Waals surface area (Å²) in [5.41, 5.74) is 0. The van der Waals surface area contributed by atoms with Gasteiger partial charge in [0.15, 0.2) is 0 Å². The minimum absolute atomic E-state index is 0.222. The first-order valence-electron chi connectivity index (χ1n) is 7.88. The van der Waals surface area contributed by atoms with Crippen molar-refractivity contribution in [3.8, 4) is 17.6 Å². The first-order valence-corrected chi connectivity index (χ1v) is 7.88. The van der Waals surface area contributed by atoms with Gasteiger partial charge < -0.3 is 14.5 Å². The quantitative estimate of drug-likeness (QED) is 0.573. The molecule has 0 fully saturated rings. The molecule has 4 nitrogen and oxygen atoms in total. The van der Waals surface area contributed by atoms with Crippen LogP contribution >= 0.6 is 0 Å². The molecule has 0 aliphatic heterocycles. The summed E-state index contributed by atoms with van der Waals surface area (Å²) in [5, 5.41) is 4.86. The van der Waals surface area contributed by atoms with Crippen LogP contribution in [-0.2, 0) is 4.79 Å². The number of ether oxygens (including phenoxy) is 1. The summed E-state index contributed by atoms with van der Waals surface area (Å²) < 4.78 is 10.8. The maximum absolute atomic E-state index is 11.6. The summed E-state index contributed by atoms with van der Waals surface area (Å²) in [6.07, 6.45) is 4.57. The molecule has 1 aromatic heterocycles. The van der Waals surface area contributed by atoms with Crippen LogP contribution in [0.4, 0.5) is 0 Å². The molecule has 0 bridgehead atoms. The Kier molecular flexibility index (Phi) is 5.52. The topological polar surface area (TPSA) is 51.5 Å². The molecule has 124 valence electrons. The van der Waals surface area contributed by atoms with Crippen molar-refractivity contribution < 1.29 is 13.9 Å². The maximum Gasteiger partial charge on any atom is 0.244 e. The van der Waals surface area contributed by atoms with Gasteiger partial charge in [0.1, 0.15) is 18.1 Å². The van der Waals surface area contributed by atoms with Crippen LogP contribution in [-0.4, -0.2) is 19.1 Å². The SMILES string of the molecule is O=C(/C=C/c1ccco1)NCC#CCOc1cccc2ccccc12. The molecule has 0 radical (unpaired) electrons. The monoisotopic (exact) mass is 331 g/mol. The largest absolute Gasteiger partial charge is 0.480 e. The number of hydrogen-bond donors (Lipinski definition) is 1. The third-order valence-corrected chi connectivity index (χ3v) is 3.47. The molecule has 0 unspecified atom stereocenters. The van der Waals surface area contributed by atoms with E-state index in [-0.39, 0.29) is 19.1 Å². The zero-order valence-corrected chi connectivity index (χ0v) is 13.6. The minimum Gasteiger partial charge on any atom is -0.480 e. The van der Waals surface area contributed by atoms with Crippen molar-refractivity contribution in [1.82, 2.24) is 5.32 Å². The molecule has 0 saturated heterocycles. The molecule has 3 rings (SSSR count). The summed E-state index contributed by atoms with van der Waals surface area (Å²) in [7, 11) is 0. The number of carbonyl (C=O) groups excluding carboxylic acids is 1. The van der Waals surface area contributed by atoms with Gasteiger partial charge in [0.2, 0.25) is 5.91 Å². The first-order chi connectivity index (χ1) is 12.3. The van der Waals surface area contributed by atoms with Gasteiger partial charge in [0.25, 0.3) is 0 Å². The molecular weight excluding hydrogens is 314 g/mol. The van der Waals surface area contributed by atoms with Gasteiger partial charge in [-0.2, -0.15) is 0 Å². The third-order valence-electron chi connectivity index (χ3n) is 3.47. The highest BCUT2D eigenvalue weighted by atomic mass is 16.5. The van der Waals surface area contributed by atoms with E-state index in [0.717, 1.165) is 16.5 Å². The number of rotatable bonds is 5. The van der Waals surface area contributed by atoms with E-state index in [1.807, 2.05) is 42.5 Å². The normalized spacial score (nSPS) is 10.4. The second-order valence-corrected chi connectivity index (χ2v) is 5.19. The van der Waals surface area contributed by atoms with Gasteiger partial charge >= 0.3 is 0 Å². The molecule has 1 heterocycles. The van der Waals surface area contributed by atoms with Crippen molar-refractivity contribution in [3.05, 3.63) is 72.7 Å². The molecule has 0 atom stereocenters. The van der Waals surface area contributed by atoms with E-state index in [1.165, 1.54) is 6.08 Å². The molecule has 4 heteroatoms. The Morgan fingerprint density at radius 2 is 1.96 bits per heavy atom. The van der Waals surface area contributed by atoms with E-state index in [4.69, 9.17) is 9.15 Å². The van der Waals surface area contributed by atoms with E-state index in [9.17, 15) is 4.79 Å². The van der Waals surface area contributed by atoms with Crippen molar-refractivity contribution in [3.63, 3.8) is 0 Å². The number of carbonyl (C=O) groups is 1. The van der Waals surface area contributed by atoms with E-state index >= 15 is 0 Å². The lowest BCUT2D eigenvalue weighted by molar-refractivity contribution is -0.116. The van der Waals surface area contributed by atoms with E-state index in [2.05, 4.69) is 17.2 Å². The Bertz CT molecular complexity index is 925. The summed E-state index contributed by atoms with van der Waals surface area (Å²) in [4.78, 5) is 11.6. The van der Waals surface area contributed by atoms with Crippen LogP contribution in [0.1, 0.15) is 5.76 Å². The molecular formula is C21H17NO3. The summed E-state index contributed by atoms with van der Waals surface area (Å²) in [6.45, 7) is 0.534. The lowest BCUT2D eigenvalue weighted by Crippen LogP contribution is -2.21. The van der Waals surface area contributed by atoms with Gasteiger partial charge in [-0.15, -0.1) is 0 Å². The van der Waals surface area contributed by atoms with Crippen molar-refractivity contribution in [2.45, 2.75) is 0 Å². The van der Waals surface area contributed by atoms with Gasteiger partial charge in [-0.05, 0) is 29.7 Å². The average molecular weight is 331 g/mol. The maximum atomic E-state index is 11.6. The van der Waals surface area contributed by atoms with E-state index in [0.29, 0.717) is 5.76 Å². The zero-order chi connectivity index (χ0) is 17.3. The van der Waals surface area contributed by atoms with Crippen LogP contribution in [0.5, 0.6) is 5.75 Å². The molecule has 0 spiro atoms. The van der Waals surface area contributed by atoms with Crippen molar-refractivity contribution >= 4 is 22.8 Å². The zero-order valence-electron chi connectivity index (χ0n) is 13.6. The number of nitrogens with one attached hydrogen (secondary N) is 1.